The van der Waals surface area contributed by atoms with E-state index in [1.165, 1.54) is 0 Å². The second-order valence-corrected chi connectivity index (χ2v) is 5.57. The summed E-state index contributed by atoms with van der Waals surface area (Å²) in [6.45, 7) is 5.68. The third kappa shape index (κ3) is 2.70. The number of H-pyrrole nitrogens is 1. The summed E-state index contributed by atoms with van der Waals surface area (Å²) >= 11 is 0. The number of hydrogen-bond acceptors (Lipinski definition) is 3. The molecule has 6 heteroatoms. The number of aromatic nitrogens is 4. The molecule has 0 spiro atoms. The smallest absolute Gasteiger partial charge is 0.274 e. The van der Waals surface area contributed by atoms with Gasteiger partial charge in [-0.15, -0.1) is 0 Å². The van der Waals surface area contributed by atoms with Crippen molar-refractivity contribution in [2.45, 2.75) is 45.7 Å². The lowest BCUT2D eigenvalue weighted by molar-refractivity contribution is 0.0723. The summed E-state index contributed by atoms with van der Waals surface area (Å²) in [5.41, 5.74) is 1.55. The number of nitrogens with one attached hydrogen (secondary N) is 1. The van der Waals surface area contributed by atoms with Crippen molar-refractivity contribution in [2.75, 3.05) is 6.54 Å². The monoisotopic (exact) mass is 287 g/mol. The SMILES string of the molecule is CCCn1ccc(C(=O)N2CCC[C@@H]2c2ncc(C)[nH]2)n1. The Balaban J connectivity index is 1.79. The lowest BCUT2D eigenvalue weighted by atomic mass is 10.2. The predicted molar refractivity (Wildman–Crippen MR) is 78.9 cm³/mol. The zero-order valence-corrected chi connectivity index (χ0v) is 12.5. The molecule has 112 valence electrons. The number of aromatic amines is 1. The number of amides is 1. The molecule has 1 aliphatic heterocycles. The normalized spacial score (nSPS) is 18.4. The lowest BCUT2D eigenvalue weighted by Crippen LogP contribution is -2.31. The van der Waals surface area contributed by atoms with Gasteiger partial charge in [0, 0.05) is 31.2 Å². The van der Waals surface area contributed by atoms with E-state index in [0.717, 1.165) is 43.9 Å². The van der Waals surface area contributed by atoms with E-state index in [-0.39, 0.29) is 11.9 Å². The molecule has 1 fully saturated rings. The standard InChI is InChI=1S/C15H21N5O/c1-3-7-19-9-6-12(18-19)15(21)20-8-4-5-13(20)14-16-10-11(2)17-14/h6,9-10,13H,3-5,7-8H2,1-2H3,(H,16,17)/t13-/m1/s1. The minimum absolute atomic E-state index is 0.00130. The summed E-state index contributed by atoms with van der Waals surface area (Å²) in [6, 6.07) is 1.85. The Labute approximate surface area is 124 Å². The Morgan fingerprint density at radius 2 is 2.38 bits per heavy atom. The molecule has 2 aromatic heterocycles. The third-order valence-corrected chi connectivity index (χ3v) is 3.86. The van der Waals surface area contributed by atoms with Crippen molar-refractivity contribution in [3.05, 3.63) is 35.7 Å². The lowest BCUT2D eigenvalue weighted by Gasteiger charge is -2.22. The van der Waals surface area contributed by atoms with Crippen molar-refractivity contribution < 1.29 is 4.79 Å². The number of carbonyl (C=O) groups excluding carboxylic acids is 1. The first-order valence-electron chi connectivity index (χ1n) is 7.55. The predicted octanol–water partition coefficient (Wildman–Crippen LogP) is 2.30. The van der Waals surface area contributed by atoms with Crippen molar-refractivity contribution >= 4 is 5.91 Å². The zero-order valence-electron chi connectivity index (χ0n) is 12.5. The van der Waals surface area contributed by atoms with Crippen LogP contribution in [0, 0.1) is 6.92 Å². The van der Waals surface area contributed by atoms with Gasteiger partial charge in [-0.25, -0.2) is 4.98 Å². The van der Waals surface area contributed by atoms with Crippen LogP contribution in [0.15, 0.2) is 18.5 Å². The fourth-order valence-corrected chi connectivity index (χ4v) is 2.87. The molecular weight excluding hydrogens is 266 g/mol. The molecule has 6 nitrogen and oxygen atoms in total. The first kappa shape index (κ1) is 13.9. The van der Waals surface area contributed by atoms with Gasteiger partial charge in [-0.3, -0.25) is 9.48 Å². The molecule has 2 aromatic rings. The number of hydrogen-bond donors (Lipinski definition) is 1. The second kappa shape index (κ2) is 5.71. The van der Waals surface area contributed by atoms with Crippen LogP contribution < -0.4 is 0 Å². The quantitative estimate of drug-likeness (QED) is 0.938. The van der Waals surface area contributed by atoms with Crippen LogP contribution in [-0.4, -0.2) is 37.1 Å². The Kier molecular flexibility index (Phi) is 3.77. The third-order valence-electron chi connectivity index (χ3n) is 3.86. The summed E-state index contributed by atoms with van der Waals surface area (Å²) < 4.78 is 1.83. The van der Waals surface area contributed by atoms with Gasteiger partial charge in [-0.2, -0.15) is 5.10 Å². The van der Waals surface area contributed by atoms with Crippen LogP contribution in [0.5, 0.6) is 0 Å². The molecule has 0 radical (unpaired) electrons. The zero-order chi connectivity index (χ0) is 14.8. The van der Waals surface area contributed by atoms with Crippen LogP contribution in [-0.2, 0) is 6.54 Å². The highest BCUT2D eigenvalue weighted by molar-refractivity contribution is 5.92. The largest absolute Gasteiger partial charge is 0.344 e. The van der Waals surface area contributed by atoms with Crippen LogP contribution in [0.4, 0.5) is 0 Å². The molecule has 3 rings (SSSR count). The number of likely N-dealkylation sites (tertiary alicyclic amines) is 1. The van der Waals surface area contributed by atoms with Crippen LogP contribution in [0.3, 0.4) is 0 Å². The van der Waals surface area contributed by atoms with Crippen LogP contribution in [0.1, 0.15) is 54.2 Å². The van der Waals surface area contributed by atoms with E-state index in [4.69, 9.17) is 0 Å². The molecule has 0 bridgehead atoms. The van der Waals surface area contributed by atoms with E-state index in [2.05, 4.69) is 22.0 Å². The molecule has 1 aliphatic rings. The Hall–Kier alpha value is -2.11. The number of rotatable bonds is 4. The van der Waals surface area contributed by atoms with Gasteiger partial charge in [0.25, 0.3) is 5.91 Å². The average molecular weight is 287 g/mol. The van der Waals surface area contributed by atoms with E-state index >= 15 is 0 Å². The van der Waals surface area contributed by atoms with Gasteiger partial charge >= 0.3 is 0 Å². The number of carbonyl (C=O) groups is 1. The van der Waals surface area contributed by atoms with E-state index in [9.17, 15) is 4.79 Å². The fourth-order valence-electron chi connectivity index (χ4n) is 2.87. The summed E-state index contributed by atoms with van der Waals surface area (Å²) in [7, 11) is 0. The Morgan fingerprint density at radius 3 is 3.10 bits per heavy atom. The summed E-state index contributed by atoms with van der Waals surface area (Å²) in [5, 5.41) is 4.37. The van der Waals surface area contributed by atoms with Gasteiger partial charge in [0.05, 0.1) is 6.04 Å². The molecule has 1 saturated heterocycles. The van der Waals surface area contributed by atoms with Crippen molar-refractivity contribution in [1.29, 1.82) is 0 Å². The number of nitrogens with zero attached hydrogens (tertiary/aromatic N) is 4. The van der Waals surface area contributed by atoms with Gasteiger partial charge in [0.1, 0.15) is 11.5 Å². The van der Waals surface area contributed by atoms with E-state index < -0.39 is 0 Å². The molecule has 0 aliphatic carbocycles. The highest BCUT2D eigenvalue weighted by Crippen LogP contribution is 2.31. The van der Waals surface area contributed by atoms with Gasteiger partial charge in [-0.05, 0) is 32.3 Å². The van der Waals surface area contributed by atoms with E-state index in [1.54, 1.807) is 6.07 Å². The molecule has 21 heavy (non-hydrogen) atoms. The maximum absolute atomic E-state index is 12.7. The minimum Gasteiger partial charge on any atom is -0.344 e. The second-order valence-electron chi connectivity index (χ2n) is 5.57. The topological polar surface area (TPSA) is 66.8 Å². The van der Waals surface area contributed by atoms with Gasteiger partial charge < -0.3 is 9.88 Å². The molecule has 1 amide bonds. The molecule has 3 heterocycles. The average Bonchev–Trinajstić information content (AvgIpc) is 3.17. The van der Waals surface area contributed by atoms with Crippen molar-refractivity contribution in [3.8, 4) is 0 Å². The number of imidazole rings is 1. The van der Waals surface area contributed by atoms with Crippen molar-refractivity contribution in [2.24, 2.45) is 0 Å². The van der Waals surface area contributed by atoms with Gasteiger partial charge in [0.2, 0.25) is 0 Å². The van der Waals surface area contributed by atoms with Crippen LogP contribution in [0.2, 0.25) is 0 Å². The summed E-state index contributed by atoms with van der Waals surface area (Å²) in [5.74, 6) is 0.882. The van der Waals surface area contributed by atoms with E-state index in [1.807, 2.05) is 28.9 Å². The molecular formula is C15H21N5O. The van der Waals surface area contributed by atoms with E-state index in [0.29, 0.717) is 5.69 Å². The maximum Gasteiger partial charge on any atom is 0.274 e. The summed E-state index contributed by atoms with van der Waals surface area (Å²) in [6.07, 6.45) is 6.65. The number of aryl methyl sites for hydroxylation is 2. The van der Waals surface area contributed by atoms with Crippen molar-refractivity contribution in [1.82, 2.24) is 24.6 Å². The highest BCUT2D eigenvalue weighted by Gasteiger charge is 2.33. The van der Waals surface area contributed by atoms with Crippen LogP contribution >= 0.6 is 0 Å². The summed E-state index contributed by atoms with van der Waals surface area (Å²) in [4.78, 5) is 22.2. The molecule has 1 N–H and O–H groups in total. The maximum atomic E-state index is 12.7. The highest BCUT2D eigenvalue weighted by atomic mass is 16.2. The Morgan fingerprint density at radius 1 is 1.52 bits per heavy atom. The molecule has 0 aromatic carbocycles. The Bertz CT molecular complexity index is 630. The first-order chi connectivity index (χ1) is 10.2. The first-order valence-corrected chi connectivity index (χ1v) is 7.55. The van der Waals surface area contributed by atoms with Crippen LogP contribution in [0.25, 0.3) is 0 Å². The fraction of sp³-hybridized carbons (Fsp3) is 0.533. The molecule has 0 unspecified atom stereocenters. The molecule has 0 saturated carbocycles. The molecule has 1 atom stereocenters. The van der Waals surface area contributed by atoms with Gasteiger partial charge in [-0.1, -0.05) is 6.92 Å². The minimum atomic E-state index is 0.00130. The van der Waals surface area contributed by atoms with Gasteiger partial charge in [0.15, 0.2) is 0 Å². The van der Waals surface area contributed by atoms with Crippen molar-refractivity contribution in [3.63, 3.8) is 0 Å².